The third kappa shape index (κ3) is 4.19. The molecule has 2 aromatic rings. The number of Topliss-reactive ketones (excluding diaryl/α,β-unsaturated/α-hetero) is 2. The molecule has 0 spiro atoms. The first kappa shape index (κ1) is 29.3. The number of aliphatic hydroxyl groups excluding tert-OH is 2. The summed E-state index contributed by atoms with van der Waals surface area (Å²) in [6.45, 7) is 0.597. The van der Waals surface area contributed by atoms with E-state index in [4.69, 9.17) is 10.5 Å². The van der Waals surface area contributed by atoms with E-state index < -0.39 is 58.0 Å². The number of hydrogen-bond donors (Lipinski definition) is 5. The number of fused-ring (bicyclic) bond motifs is 3. The average molecular weight is 578 g/mol. The zero-order valence-corrected chi connectivity index (χ0v) is 24.1. The first-order valence-electron chi connectivity index (χ1n) is 13.6. The molecule has 0 radical (unpaired) electrons. The summed E-state index contributed by atoms with van der Waals surface area (Å²) in [6.07, 6.45) is 0.209. The van der Waals surface area contributed by atoms with E-state index in [1.54, 1.807) is 27.3 Å². The number of aliphatic hydroxyl groups is 3. The van der Waals surface area contributed by atoms with Crippen molar-refractivity contribution >= 4 is 23.2 Å². The number of aromatic hydroxyl groups is 1. The Hall–Kier alpha value is -4.19. The predicted molar refractivity (Wildman–Crippen MR) is 154 cm³/mol. The molecule has 1 fully saturated rings. The van der Waals surface area contributed by atoms with Crippen LogP contribution in [0.3, 0.4) is 0 Å². The van der Waals surface area contributed by atoms with Crippen LogP contribution in [-0.2, 0) is 27.3 Å². The normalized spacial score (nSPS) is 25.5. The van der Waals surface area contributed by atoms with Crippen molar-refractivity contribution in [3.05, 3.63) is 63.9 Å². The summed E-state index contributed by atoms with van der Waals surface area (Å²) >= 11 is 0. The largest absolute Gasteiger partial charge is 0.508 e. The molecule has 42 heavy (non-hydrogen) atoms. The SMILES string of the molecule is COc1ccc(CN(C)C)c(-c2ccc(O)c3c2CC2CC4[C@H](N(C)C)C(=O)C(C(N)=O)=C(O)[C@@]4(O)C(=O)C2=C3O)c1. The van der Waals surface area contributed by atoms with Crippen molar-refractivity contribution in [1.82, 2.24) is 9.80 Å². The van der Waals surface area contributed by atoms with Crippen molar-refractivity contribution in [1.29, 1.82) is 0 Å². The molecule has 0 saturated heterocycles. The van der Waals surface area contributed by atoms with Gasteiger partial charge in [-0.25, -0.2) is 0 Å². The number of ether oxygens (including phenoxy) is 1. The number of nitrogens with two attached hydrogens (primary N) is 1. The molecule has 11 nitrogen and oxygen atoms in total. The number of primary amides is 1. The number of carbonyl (C=O) groups excluding carboxylic acids is 3. The molecule has 2 aromatic carbocycles. The first-order chi connectivity index (χ1) is 19.7. The second-order valence-electron chi connectivity index (χ2n) is 11.7. The maximum atomic E-state index is 14.1. The number of phenolic OH excluding ortho intramolecular Hbond substituents is 1. The minimum atomic E-state index is -2.68. The predicted octanol–water partition coefficient (Wildman–Crippen LogP) is 1.70. The Morgan fingerprint density at radius 2 is 1.76 bits per heavy atom. The highest BCUT2D eigenvalue weighted by Gasteiger charge is 2.64. The van der Waals surface area contributed by atoms with Crippen molar-refractivity contribution in [3.63, 3.8) is 0 Å². The highest BCUT2D eigenvalue weighted by atomic mass is 16.5. The minimum Gasteiger partial charge on any atom is -0.508 e. The van der Waals surface area contributed by atoms with Gasteiger partial charge in [0.05, 0.1) is 18.7 Å². The number of benzene rings is 2. The van der Waals surface area contributed by atoms with Crippen LogP contribution in [-0.4, -0.2) is 94.6 Å². The van der Waals surface area contributed by atoms with Gasteiger partial charge in [-0.1, -0.05) is 12.1 Å². The maximum absolute atomic E-state index is 14.1. The van der Waals surface area contributed by atoms with Crippen molar-refractivity contribution < 1.29 is 39.5 Å². The zero-order chi connectivity index (χ0) is 30.8. The monoisotopic (exact) mass is 577 g/mol. The molecule has 4 atom stereocenters. The lowest BCUT2D eigenvalue weighted by Gasteiger charge is -2.50. The van der Waals surface area contributed by atoms with Crippen molar-refractivity contribution in [2.24, 2.45) is 17.6 Å². The van der Waals surface area contributed by atoms with Gasteiger partial charge >= 0.3 is 0 Å². The van der Waals surface area contributed by atoms with Gasteiger partial charge in [0.25, 0.3) is 5.91 Å². The summed E-state index contributed by atoms with van der Waals surface area (Å²) in [5.41, 5.74) is 4.83. The number of ketones is 2. The molecule has 2 unspecified atom stereocenters. The molecule has 11 heteroatoms. The van der Waals surface area contributed by atoms with Crippen LogP contribution in [0.4, 0.5) is 0 Å². The Labute approximate surface area is 243 Å². The first-order valence-corrected chi connectivity index (χ1v) is 13.6. The van der Waals surface area contributed by atoms with Crippen molar-refractivity contribution in [2.45, 2.75) is 31.0 Å². The van der Waals surface area contributed by atoms with Crippen LogP contribution in [0.1, 0.15) is 23.1 Å². The Morgan fingerprint density at radius 1 is 1.07 bits per heavy atom. The molecule has 1 saturated carbocycles. The molecule has 0 heterocycles. The van der Waals surface area contributed by atoms with Crippen LogP contribution in [0.2, 0.25) is 0 Å². The van der Waals surface area contributed by atoms with Gasteiger partial charge in [0, 0.05) is 18.0 Å². The Bertz CT molecular complexity index is 1590. The summed E-state index contributed by atoms with van der Waals surface area (Å²) in [4.78, 5) is 43.0. The van der Waals surface area contributed by atoms with E-state index in [1.165, 1.54) is 11.0 Å². The topological polar surface area (TPSA) is 174 Å². The second-order valence-corrected chi connectivity index (χ2v) is 11.7. The van der Waals surface area contributed by atoms with Gasteiger partial charge in [0.1, 0.15) is 28.6 Å². The molecule has 5 rings (SSSR count). The number of rotatable bonds is 6. The lowest BCUT2D eigenvalue weighted by Crippen LogP contribution is -2.65. The Morgan fingerprint density at radius 3 is 2.36 bits per heavy atom. The van der Waals surface area contributed by atoms with Crippen LogP contribution in [0, 0.1) is 11.8 Å². The van der Waals surface area contributed by atoms with Crippen LogP contribution in [0.25, 0.3) is 16.9 Å². The molecule has 222 valence electrons. The smallest absolute Gasteiger partial charge is 0.255 e. The van der Waals surface area contributed by atoms with Crippen molar-refractivity contribution in [2.75, 3.05) is 35.3 Å². The molecular formula is C31H35N3O8. The number of methoxy groups -OCH3 is 1. The number of nitrogens with zero attached hydrogens (tertiary/aromatic N) is 2. The fraction of sp³-hybridized carbons (Fsp3) is 0.387. The molecule has 0 bridgehead atoms. The Balaban J connectivity index is 1.74. The van der Waals surface area contributed by atoms with E-state index in [2.05, 4.69) is 0 Å². The van der Waals surface area contributed by atoms with E-state index in [-0.39, 0.29) is 29.7 Å². The van der Waals surface area contributed by atoms with E-state index >= 15 is 0 Å². The summed E-state index contributed by atoms with van der Waals surface area (Å²) < 4.78 is 5.48. The molecule has 1 amide bonds. The van der Waals surface area contributed by atoms with Crippen LogP contribution < -0.4 is 10.5 Å². The van der Waals surface area contributed by atoms with E-state index in [0.717, 1.165) is 16.7 Å². The standard InChI is InChI=1S/C31H35N3O8/c1-33(2)13-14-6-7-16(42-5)12-18(14)17-8-9-21(35)23-19(17)10-15-11-20-25(34(3)4)27(37)24(30(32)40)29(39)31(20,41)28(38)22(15)26(23)36/h6-9,12,15,20,25,35-36,39,41H,10-11,13H2,1-5H3,(H2,32,40)/t15?,20?,25-,31-/m0/s1. The molecule has 0 aromatic heterocycles. The van der Waals surface area contributed by atoms with Gasteiger partial charge in [-0.2, -0.15) is 0 Å². The lowest BCUT2D eigenvalue weighted by molar-refractivity contribution is -0.153. The van der Waals surface area contributed by atoms with Gasteiger partial charge in [0.2, 0.25) is 5.78 Å². The summed E-state index contributed by atoms with van der Waals surface area (Å²) in [5.74, 6) is -6.19. The lowest BCUT2D eigenvalue weighted by atomic mass is 9.57. The maximum Gasteiger partial charge on any atom is 0.255 e. The molecule has 0 aliphatic heterocycles. The second kappa shape index (κ2) is 10.3. The number of phenols is 1. The van der Waals surface area contributed by atoms with Gasteiger partial charge in [-0.15, -0.1) is 0 Å². The fourth-order valence-electron chi connectivity index (χ4n) is 6.91. The highest BCUT2D eigenvalue weighted by Crippen LogP contribution is 2.53. The minimum absolute atomic E-state index is 0.0174. The molecular weight excluding hydrogens is 542 g/mol. The highest BCUT2D eigenvalue weighted by molar-refractivity contribution is 6.24. The van der Waals surface area contributed by atoms with Crippen molar-refractivity contribution in [3.8, 4) is 22.6 Å². The van der Waals surface area contributed by atoms with E-state index in [0.29, 0.717) is 17.9 Å². The summed E-state index contributed by atoms with van der Waals surface area (Å²) in [7, 11) is 8.58. The third-order valence-electron chi connectivity index (χ3n) is 8.70. The van der Waals surface area contributed by atoms with Crippen LogP contribution >= 0.6 is 0 Å². The third-order valence-corrected chi connectivity index (χ3v) is 8.70. The molecule has 3 aliphatic carbocycles. The number of amides is 1. The van der Waals surface area contributed by atoms with Gasteiger partial charge in [-0.05, 0) is 87.4 Å². The number of likely N-dealkylation sites (N-methyl/N-ethyl adjacent to an activating group) is 1. The van der Waals surface area contributed by atoms with E-state index in [1.807, 2.05) is 37.2 Å². The van der Waals surface area contributed by atoms with E-state index in [9.17, 15) is 34.8 Å². The van der Waals surface area contributed by atoms with Crippen LogP contribution in [0.5, 0.6) is 11.5 Å². The summed E-state index contributed by atoms with van der Waals surface area (Å²) in [6, 6.07) is 7.72. The van der Waals surface area contributed by atoms with Gasteiger partial charge in [0.15, 0.2) is 11.4 Å². The molecule has 6 N–H and O–H groups in total. The van der Waals surface area contributed by atoms with Gasteiger partial charge in [-0.3, -0.25) is 19.3 Å². The van der Waals surface area contributed by atoms with Crippen LogP contribution in [0.15, 0.2) is 47.2 Å². The summed E-state index contributed by atoms with van der Waals surface area (Å²) in [5, 5.41) is 45.3. The fourth-order valence-corrected chi connectivity index (χ4v) is 6.91. The quantitative estimate of drug-likeness (QED) is 0.318. The number of carbonyl (C=O) groups is 3. The molecule has 3 aliphatic rings. The van der Waals surface area contributed by atoms with Gasteiger partial charge < -0.3 is 35.8 Å². The zero-order valence-electron chi connectivity index (χ0n) is 24.1. The number of hydrogen-bond acceptors (Lipinski definition) is 10. The Kier molecular flexibility index (Phi) is 7.16. The average Bonchev–Trinajstić information content (AvgIpc) is 2.90.